The second-order valence-corrected chi connectivity index (χ2v) is 12.9. The van der Waals surface area contributed by atoms with Crippen LogP contribution in [0.1, 0.15) is 36.6 Å². The van der Waals surface area contributed by atoms with Gasteiger partial charge in [-0.2, -0.15) is 0 Å². The molecule has 0 aliphatic carbocycles. The Bertz CT molecular complexity index is 1860. The Kier molecular flexibility index (Phi) is 9.40. The molecule has 0 spiro atoms. The summed E-state index contributed by atoms with van der Waals surface area (Å²) in [6.07, 6.45) is 1.81. The van der Waals surface area contributed by atoms with E-state index in [1.807, 2.05) is 54.6 Å². The predicted octanol–water partition coefficient (Wildman–Crippen LogP) is 7.05. The summed E-state index contributed by atoms with van der Waals surface area (Å²) in [5.74, 6) is 0.164. The van der Waals surface area contributed by atoms with E-state index in [4.69, 9.17) is 32.7 Å². The van der Waals surface area contributed by atoms with Crippen molar-refractivity contribution in [1.82, 2.24) is 4.57 Å². The number of hydrogen-bond acceptors (Lipinski definition) is 6. The van der Waals surface area contributed by atoms with Crippen molar-refractivity contribution >= 4 is 85.1 Å². The minimum atomic E-state index is -0.768. The molecule has 0 amide bonds. The van der Waals surface area contributed by atoms with Crippen molar-refractivity contribution in [3.05, 3.63) is 126 Å². The lowest BCUT2D eigenvalue weighted by molar-refractivity contribution is -0.139. The third-order valence-corrected chi connectivity index (χ3v) is 9.26. The molecule has 1 aliphatic heterocycles. The smallest absolute Gasteiger partial charge is 0.338 e. The summed E-state index contributed by atoms with van der Waals surface area (Å²) in [6.45, 7) is 4.04. The minimum absolute atomic E-state index is 0.196. The number of aromatic nitrogens is 1. The number of ether oxygens (including phenoxy) is 2. The molecule has 41 heavy (non-hydrogen) atoms. The Balaban J connectivity index is 1.56. The Morgan fingerprint density at radius 3 is 2.66 bits per heavy atom. The predicted molar refractivity (Wildman–Crippen MR) is 174 cm³/mol. The maximum atomic E-state index is 13.9. The van der Waals surface area contributed by atoms with Crippen LogP contribution in [0.5, 0.6) is 5.75 Å². The zero-order chi connectivity index (χ0) is 29.3. The van der Waals surface area contributed by atoms with E-state index >= 15 is 0 Å². The maximum Gasteiger partial charge on any atom is 0.338 e. The van der Waals surface area contributed by atoms with E-state index in [1.54, 1.807) is 26.0 Å². The number of fused-ring (bicyclic) bond motifs is 1. The Hall–Kier alpha value is -2.44. The highest BCUT2D eigenvalue weighted by Crippen LogP contribution is 2.35. The highest BCUT2D eigenvalue weighted by atomic mass is 127. The van der Waals surface area contributed by atoms with Gasteiger partial charge in [-0.1, -0.05) is 64.9 Å². The van der Waals surface area contributed by atoms with Crippen LogP contribution < -0.4 is 19.6 Å². The summed E-state index contributed by atoms with van der Waals surface area (Å²) < 4.78 is 15.0. The van der Waals surface area contributed by atoms with Gasteiger partial charge in [-0.15, -0.1) is 0 Å². The van der Waals surface area contributed by atoms with Crippen molar-refractivity contribution in [1.29, 1.82) is 0 Å². The summed E-state index contributed by atoms with van der Waals surface area (Å²) in [5, 5.41) is 1.09. The van der Waals surface area contributed by atoms with Gasteiger partial charge < -0.3 is 9.47 Å². The Morgan fingerprint density at radius 1 is 1.17 bits per heavy atom. The van der Waals surface area contributed by atoms with Crippen molar-refractivity contribution in [3.63, 3.8) is 0 Å². The highest BCUT2D eigenvalue weighted by molar-refractivity contribution is 14.1. The molecule has 2 heterocycles. The van der Waals surface area contributed by atoms with E-state index < -0.39 is 12.0 Å². The molecule has 0 saturated heterocycles. The number of hydrogen-bond donors (Lipinski definition) is 0. The number of thiazole rings is 1. The van der Waals surface area contributed by atoms with E-state index in [1.165, 1.54) is 15.9 Å². The van der Waals surface area contributed by atoms with E-state index in [-0.39, 0.29) is 17.7 Å². The van der Waals surface area contributed by atoms with Gasteiger partial charge in [0.1, 0.15) is 18.4 Å². The molecule has 5 rings (SSSR count). The first-order valence-corrected chi connectivity index (χ1v) is 15.9. The summed E-state index contributed by atoms with van der Waals surface area (Å²) in [6, 6.07) is 17.8. The average Bonchev–Trinajstić information content (AvgIpc) is 3.22. The molecular formula is C30H22BrCl2IN2O4S. The van der Waals surface area contributed by atoms with Crippen molar-refractivity contribution in [2.24, 2.45) is 4.99 Å². The van der Waals surface area contributed by atoms with Crippen LogP contribution in [-0.2, 0) is 16.1 Å². The van der Waals surface area contributed by atoms with Gasteiger partial charge in [0.2, 0.25) is 0 Å². The second kappa shape index (κ2) is 12.8. The van der Waals surface area contributed by atoms with Crippen LogP contribution in [0.3, 0.4) is 0 Å². The molecule has 0 unspecified atom stereocenters. The fourth-order valence-corrected chi connectivity index (χ4v) is 7.78. The lowest BCUT2D eigenvalue weighted by Crippen LogP contribution is -2.40. The lowest BCUT2D eigenvalue weighted by Gasteiger charge is -2.25. The Labute approximate surface area is 272 Å². The SMILES string of the molecule is CCOC(=O)C1=C(C)N=c2s/c(=C\c3cc(Br)c(OCc4cccc(Cl)c4)c(I)c3)c(=O)n2[C@@H]1c1ccccc1Cl. The van der Waals surface area contributed by atoms with Crippen molar-refractivity contribution in [2.75, 3.05) is 6.61 Å². The van der Waals surface area contributed by atoms with Crippen LogP contribution in [-0.4, -0.2) is 17.1 Å². The Morgan fingerprint density at radius 2 is 1.95 bits per heavy atom. The van der Waals surface area contributed by atoms with Crippen LogP contribution in [0.25, 0.3) is 6.08 Å². The van der Waals surface area contributed by atoms with Crippen LogP contribution in [0.15, 0.2) is 86.2 Å². The number of carbonyl (C=O) groups is 1. The van der Waals surface area contributed by atoms with Crippen molar-refractivity contribution in [2.45, 2.75) is 26.5 Å². The van der Waals surface area contributed by atoms with Gasteiger partial charge in [-0.3, -0.25) is 9.36 Å². The van der Waals surface area contributed by atoms with Gasteiger partial charge in [0.15, 0.2) is 4.80 Å². The van der Waals surface area contributed by atoms with Crippen LogP contribution in [0, 0.1) is 3.57 Å². The number of esters is 1. The van der Waals surface area contributed by atoms with Gasteiger partial charge in [-0.05, 0) is 105 Å². The highest BCUT2D eigenvalue weighted by Gasteiger charge is 2.34. The fraction of sp³-hybridized carbons (Fsp3) is 0.167. The molecular weight excluding hydrogens is 762 g/mol. The summed E-state index contributed by atoms with van der Waals surface area (Å²) in [7, 11) is 0. The van der Waals surface area contributed by atoms with E-state index in [2.05, 4.69) is 43.5 Å². The van der Waals surface area contributed by atoms with E-state index in [9.17, 15) is 9.59 Å². The number of benzene rings is 3. The van der Waals surface area contributed by atoms with Gasteiger partial charge >= 0.3 is 5.97 Å². The van der Waals surface area contributed by atoms with Gasteiger partial charge in [0, 0.05) is 10.0 Å². The van der Waals surface area contributed by atoms with Crippen LogP contribution in [0.4, 0.5) is 0 Å². The molecule has 6 nitrogen and oxygen atoms in total. The number of rotatable bonds is 7. The summed E-state index contributed by atoms with van der Waals surface area (Å²) in [4.78, 5) is 32.1. The van der Waals surface area contributed by atoms with Crippen LogP contribution >= 0.6 is 73.1 Å². The van der Waals surface area contributed by atoms with E-state index in [0.717, 1.165) is 19.2 Å². The molecule has 1 atom stereocenters. The van der Waals surface area contributed by atoms with Gasteiger partial charge in [-0.25, -0.2) is 9.79 Å². The molecule has 1 aromatic heterocycles. The van der Waals surface area contributed by atoms with Crippen molar-refractivity contribution in [3.8, 4) is 5.75 Å². The molecule has 0 radical (unpaired) electrons. The molecule has 210 valence electrons. The molecule has 0 fully saturated rings. The summed E-state index contributed by atoms with van der Waals surface area (Å²) in [5.41, 5.74) is 2.88. The first-order valence-electron chi connectivity index (χ1n) is 12.5. The molecule has 0 bridgehead atoms. The topological polar surface area (TPSA) is 69.9 Å². The second-order valence-electron chi connectivity index (χ2n) is 9.06. The quantitative estimate of drug-likeness (QED) is 0.149. The third-order valence-electron chi connectivity index (χ3n) is 6.31. The molecule has 1 aliphatic rings. The standard InChI is InChI=1S/C30H22BrCl2IN2O4S/c1-3-39-29(38)25-16(2)35-30-36(26(25)20-9-4-5-10-22(20)33)28(37)24(41-30)14-18-12-21(31)27(23(34)13-18)40-15-17-7-6-8-19(32)11-17/h4-14,26H,3,15H2,1-2H3/b24-14-/t26-/m1/s1. The molecule has 0 saturated carbocycles. The number of allylic oxidation sites excluding steroid dienone is 1. The molecule has 0 N–H and O–H groups in total. The molecule has 11 heteroatoms. The summed E-state index contributed by atoms with van der Waals surface area (Å²) >= 11 is 19.8. The number of carbonyl (C=O) groups excluding carboxylic acids is 1. The minimum Gasteiger partial charge on any atom is -0.487 e. The fourth-order valence-electron chi connectivity index (χ4n) is 4.52. The maximum absolute atomic E-state index is 13.9. The van der Waals surface area contributed by atoms with E-state index in [0.29, 0.717) is 43.0 Å². The zero-order valence-corrected chi connectivity index (χ0v) is 27.9. The third kappa shape index (κ3) is 6.34. The largest absolute Gasteiger partial charge is 0.487 e. The lowest BCUT2D eigenvalue weighted by atomic mass is 9.96. The molecule has 3 aromatic carbocycles. The monoisotopic (exact) mass is 782 g/mol. The molecule has 4 aromatic rings. The average molecular weight is 784 g/mol. The normalized spacial score (nSPS) is 15.0. The van der Waals surface area contributed by atoms with Crippen LogP contribution in [0.2, 0.25) is 10.0 Å². The van der Waals surface area contributed by atoms with Gasteiger partial charge in [0.05, 0.1) is 30.5 Å². The van der Waals surface area contributed by atoms with Gasteiger partial charge in [0.25, 0.3) is 5.56 Å². The van der Waals surface area contributed by atoms with Crippen molar-refractivity contribution < 1.29 is 14.3 Å². The zero-order valence-electron chi connectivity index (χ0n) is 21.8. The first kappa shape index (κ1) is 30.0. The number of halogens is 4. The first-order chi connectivity index (χ1) is 19.7. The number of nitrogens with zero attached hydrogens (tertiary/aromatic N) is 2.